The summed E-state index contributed by atoms with van der Waals surface area (Å²) in [7, 11) is 3.69. The van der Waals surface area contributed by atoms with Crippen molar-refractivity contribution in [3.8, 4) is 0 Å². The monoisotopic (exact) mass is 263 g/mol. The van der Waals surface area contributed by atoms with E-state index >= 15 is 0 Å². The van der Waals surface area contributed by atoms with E-state index in [1.54, 1.807) is 0 Å². The largest absolute Gasteiger partial charge is 0.380 e. The second kappa shape index (κ2) is 10.0. The number of likely N-dealkylation sites (N-methyl/N-ethyl adjacent to an activating group) is 1. The van der Waals surface area contributed by atoms with Crippen LogP contribution in [0.5, 0.6) is 0 Å². The molecular formula is C12H29NO3Si. The molecule has 0 rings (SSSR count). The molecule has 0 bridgehead atoms. The van der Waals surface area contributed by atoms with E-state index in [4.69, 9.17) is 14.2 Å². The Bertz CT molecular complexity index is 173. The Balaban J connectivity index is 3.61. The minimum Gasteiger partial charge on any atom is -0.380 e. The summed E-state index contributed by atoms with van der Waals surface area (Å²) in [6, 6.07) is 1.10. The van der Waals surface area contributed by atoms with Crippen LogP contribution in [-0.2, 0) is 14.2 Å². The van der Waals surface area contributed by atoms with Crippen LogP contribution in [0, 0.1) is 0 Å². The fraction of sp³-hybridized carbons (Fsp3) is 1.00. The smallest absolute Gasteiger partial charge is 0.142 e. The maximum atomic E-state index is 5.69. The predicted molar refractivity (Wildman–Crippen MR) is 74.4 cm³/mol. The predicted octanol–water partition coefficient (Wildman–Crippen LogP) is 0.898. The van der Waals surface area contributed by atoms with Crippen LogP contribution in [0.25, 0.3) is 0 Å². The van der Waals surface area contributed by atoms with E-state index in [0.29, 0.717) is 13.2 Å². The van der Waals surface area contributed by atoms with E-state index in [2.05, 4.69) is 25.9 Å². The second-order valence-electron chi connectivity index (χ2n) is 4.52. The number of ether oxygens (including phenoxy) is 3. The highest BCUT2D eigenvalue weighted by atomic mass is 28.2. The summed E-state index contributed by atoms with van der Waals surface area (Å²) in [5.74, 6) is 0. The maximum absolute atomic E-state index is 5.69. The van der Waals surface area contributed by atoms with Gasteiger partial charge in [0, 0.05) is 26.4 Å². The van der Waals surface area contributed by atoms with E-state index in [1.807, 2.05) is 13.8 Å². The van der Waals surface area contributed by atoms with Gasteiger partial charge in [0.25, 0.3) is 0 Å². The summed E-state index contributed by atoms with van der Waals surface area (Å²) in [6.07, 6.45) is 0. The third kappa shape index (κ3) is 9.73. The molecule has 104 valence electrons. The first-order chi connectivity index (χ1) is 8.04. The highest BCUT2D eigenvalue weighted by Gasteiger charge is 2.24. The summed E-state index contributed by atoms with van der Waals surface area (Å²) in [4.78, 5) is 2.13. The van der Waals surface area contributed by atoms with E-state index in [9.17, 15) is 0 Å². The molecule has 0 aromatic rings. The van der Waals surface area contributed by atoms with E-state index in [0.717, 1.165) is 25.8 Å². The minimum atomic E-state index is -0.424. The number of nitrogens with zero attached hydrogens (tertiary/aromatic N) is 1. The Labute approximate surface area is 108 Å². The van der Waals surface area contributed by atoms with Gasteiger partial charge < -0.3 is 19.1 Å². The summed E-state index contributed by atoms with van der Waals surface area (Å²) < 4.78 is 17.0. The Morgan fingerprint density at radius 2 is 1.65 bits per heavy atom. The van der Waals surface area contributed by atoms with E-state index in [-0.39, 0.29) is 5.41 Å². The van der Waals surface area contributed by atoms with Gasteiger partial charge in [-0.3, -0.25) is 0 Å². The zero-order chi connectivity index (χ0) is 13.1. The van der Waals surface area contributed by atoms with Crippen LogP contribution >= 0.6 is 0 Å². The Kier molecular flexibility index (Phi) is 10.1. The van der Waals surface area contributed by atoms with Crippen molar-refractivity contribution >= 4 is 9.52 Å². The molecule has 0 unspecified atom stereocenters. The molecule has 0 heterocycles. The number of rotatable bonds is 11. The Hall–Kier alpha value is 0.0569. The van der Waals surface area contributed by atoms with Crippen LogP contribution in [0.3, 0.4) is 0 Å². The van der Waals surface area contributed by atoms with Crippen molar-refractivity contribution in [3.05, 3.63) is 0 Å². The van der Waals surface area contributed by atoms with Crippen molar-refractivity contribution in [1.82, 2.24) is 4.90 Å². The van der Waals surface area contributed by atoms with Gasteiger partial charge in [0.2, 0.25) is 0 Å². The molecule has 4 nitrogen and oxygen atoms in total. The van der Waals surface area contributed by atoms with Crippen LogP contribution < -0.4 is 0 Å². The van der Waals surface area contributed by atoms with Gasteiger partial charge >= 0.3 is 0 Å². The van der Waals surface area contributed by atoms with Crippen molar-refractivity contribution < 1.29 is 14.2 Å². The van der Waals surface area contributed by atoms with Crippen LogP contribution in [-0.4, -0.2) is 66.9 Å². The lowest BCUT2D eigenvalue weighted by atomic mass is 10.6. The topological polar surface area (TPSA) is 30.9 Å². The fourth-order valence-electron chi connectivity index (χ4n) is 1.64. The quantitative estimate of drug-likeness (QED) is 0.315. The van der Waals surface area contributed by atoms with E-state index in [1.165, 1.54) is 0 Å². The molecule has 0 aliphatic heterocycles. The molecule has 0 radical (unpaired) electrons. The van der Waals surface area contributed by atoms with Gasteiger partial charge in [-0.25, -0.2) is 0 Å². The van der Waals surface area contributed by atoms with Crippen LogP contribution in [0.15, 0.2) is 0 Å². The Morgan fingerprint density at radius 3 is 2.12 bits per heavy atom. The summed E-state index contributed by atoms with van der Waals surface area (Å²) >= 11 is 0. The minimum absolute atomic E-state index is 0.311. The molecule has 0 spiro atoms. The summed E-state index contributed by atoms with van der Waals surface area (Å²) in [5, 5.41) is 0. The summed E-state index contributed by atoms with van der Waals surface area (Å²) in [6.45, 7) is 10.1. The molecule has 0 saturated heterocycles. The van der Waals surface area contributed by atoms with Crippen LogP contribution in [0.1, 0.15) is 20.8 Å². The molecule has 0 aromatic carbocycles. The van der Waals surface area contributed by atoms with Crippen LogP contribution in [0.4, 0.5) is 0 Å². The third-order valence-corrected chi connectivity index (χ3v) is 4.46. The lowest BCUT2D eigenvalue weighted by Crippen LogP contribution is -2.39. The first kappa shape index (κ1) is 17.1. The maximum Gasteiger partial charge on any atom is 0.142 e. The summed E-state index contributed by atoms with van der Waals surface area (Å²) in [5.41, 5.74) is -0.311. The molecule has 0 amide bonds. The molecule has 0 aliphatic carbocycles. The zero-order valence-electron chi connectivity index (χ0n) is 12.1. The lowest BCUT2D eigenvalue weighted by Gasteiger charge is -2.29. The first-order valence-corrected chi connectivity index (χ1v) is 8.25. The fourth-order valence-corrected chi connectivity index (χ4v) is 3.33. The molecule has 17 heavy (non-hydrogen) atoms. The van der Waals surface area contributed by atoms with Crippen molar-refractivity contribution in [1.29, 1.82) is 0 Å². The van der Waals surface area contributed by atoms with Crippen LogP contribution in [0.2, 0.25) is 6.04 Å². The zero-order valence-corrected chi connectivity index (χ0v) is 13.5. The van der Waals surface area contributed by atoms with Crippen molar-refractivity contribution in [2.75, 3.05) is 47.1 Å². The second-order valence-corrected chi connectivity index (χ2v) is 7.01. The molecule has 0 aromatic heterocycles. The molecule has 0 saturated carbocycles. The van der Waals surface area contributed by atoms with Gasteiger partial charge in [0.05, 0.1) is 16.1 Å². The normalized spacial score (nSPS) is 13.1. The number of hydrogen-bond donors (Lipinski definition) is 0. The first-order valence-electron chi connectivity index (χ1n) is 6.54. The molecular weight excluding hydrogens is 234 g/mol. The van der Waals surface area contributed by atoms with Crippen molar-refractivity contribution in [2.45, 2.75) is 32.2 Å². The molecule has 0 fully saturated rings. The molecule has 0 atom stereocenters. The van der Waals surface area contributed by atoms with Gasteiger partial charge in [-0.15, -0.1) is 0 Å². The standard InChI is InChI=1S/C12H29NO3Si/c1-6-15-12(3,16-7-2)17-11-10-14-9-8-13(4)5/h6-11,17H2,1-5H3. The number of hydrogen-bond acceptors (Lipinski definition) is 4. The van der Waals surface area contributed by atoms with Crippen molar-refractivity contribution in [3.63, 3.8) is 0 Å². The molecule has 0 aliphatic rings. The van der Waals surface area contributed by atoms with E-state index < -0.39 is 9.52 Å². The SMILES string of the molecule is CCOC(C)(OCC)[SiH2]CCOCCN(C)C. The Morgan fingerprint density at radius 1 is 1.06 bits per heavy atom. The van der Waals surface area contributed by atoms with Gasteiger partial charge in [-0.1, -0.05) is 0 Å². The third-order valence-electron chi connectivity index (χ3n) is 2.50. The van der Waals surface area contributed by atoms with Gasteiger partial charge in [0.1, 0.15) is 5.41 Å². The van der Waals surface area contributed by atoms with Gasteiger partial charge in [-0.05, 0) is 40.9 Å². The molecule has 0 N–H and O–H groups in total. The average Bonchev–Trinajstić information content (AvgIpc) is 2.23. The highest BCUT2D eigenvalue weighted by Crippen LogP contribution is 2.12. The van der Waals surface area contributed by atoms with Crippen molar-refractivity contribution in [2.24, 2.45) is 0 Å². The molecule has 5 heteroatoms. The lowest BCUT2D eigenvalue weighted by molar-refractivity contribution is -0.163. The van der Waals surface area contributed by atoms with Gasteiger partial charge in [0.15, 0.2) is 0 Å². The highest BCUT2D eigenvalue weighted by molar-refractivity contribution is 6.38. The van der Waals surface area contributed by atoms with Gasteiger partial charge in [-0.2, -0.15) is 0 Å². The average molecular weight is 263 g/mol.